The molecule has 7 nitrogen and oxygen atoms in total. The maximum atomic E-state index is 13.9. The lowest BCUT2D eigenvalue weighted by Crippen LogP contribution is -2.29. The molecule has 1 atom stereocenters. The van der Waals surface area contributed by atoms with E-state index in [1.165, 1.54) is 38.4 Å². The molecule has 0 saturated carbocycles. The number of carbonyl (C=O) groups excluding carboxylic acids is 2. The monoisotopic (exact) mass is 511 g/mol. The van der Waals surface area contributed by atoms with Crippen LogP contribution in [-0.2, 0) is 9.59 Å². The number of methoxy groups -OCH3 is 3. The predicted octanol–water partition coefficient (Wildman–Crippen LogP) is 5.44. The van der Waals surface area contributed by atoms with Crippen LogP contribution in [0.5, 0.6) is 17.2 Å². The summed E-state index contributed by atoms with van der Waals surface area (Å²) in [5.74, 6) is -1.46. The molecular formula is C27H23ClFNO6. The van der Waals surface area contributed by atoms with Crippen molar-refractivity contribution >= 4 is 34.7 Å². The Morgan fingerprint density at radius 2 is 1.67 bits per heavy atom. The van der Waals surface area contributed by atoms with Gasteiger partial charge >= 0.3 is 0 Å². The van der Waals surface area contributed by atoms with Gasteiger partial charge in [0.1, 0.15) is 17.3 Å². The lowest BCUT2D eigenvalue weighted by molar-refractivity contribution is -0.132. The van der Waals surface area contributed by atoms with Crippen LogP contribution in [0.2, 0.25) is 5.02 Å². The van der Waals surface area contributed by atoms with E-state index in [0.717, 1.165) is 6.07 Å². The zero-order chi connectivity index (χ0) is 26.1. The number of anilines is 1. The first-order chi connectivity index (χ1) is 17.2. The summed E-state index contributed by atoms with van der Waals surface area (Å²) in [4.78, 5) is 27.8. The summed E-state index contributed by atoms with van der Waals surface area (Å²) in [7, 11) is 4.46. The van der Waals surface area contributed by atoms with Crippen molar-refractivity contribution in [1.29, 1.82) is 0 Å². The van der Waals surface area contributed by atoms with E-state index in [4.69, 9.17) is 25.8 Å². The van der Waals surface area contributed by atoms with Gasteiger partial charge in [-0.15, -0.1) is 0 Å². The average molecular weight is 512 g/mol. The Morgan fingerprint density at radius 1 is 0.944 bits per heavy atom. The number of ether oxygens (including phenoxy) is 3. The molecule has 0 aliphatic carbocycles. The highest BCUT2D eigenvalue weighted by Gasteiger charge is 2.47. The van der Waals surface area contributed by atoms with Crippen molar-refractivity contribution in [2.45, 2.75) is 13.0 Å². The molecule has 186 valence electrons. The van der Waals surface area contributed by atoms with Gasteiger partial charge in [-0.3, -0.25) is 14.5 Å². The van der Waals surface area contributed by atoms with E-state index in [-0.39, 0.29) is 22.0 Å². The molecule has 3 aromatic rings. The van der Waals surface area contributed by atoms with E-state index < -0.39 is 23.5 Å². The summed E-state index contributed by atoms with van der Waals surface area (Å²) in [6.07, 6.45) is 0. The predicted molar refractivity (Wildman–Crippen MR) is 133 cm³/mol. The molecule has 0 radical (unpaired) electrons. The summed E-state index contributed by atoms with van der Waals surface area (Å²) in [6.45, 7) is 1.75. The number of Topliss-reactive ketones (excluding diaryl/α,β-unsaturated/α-hetero) is 1. The summed E-state index contributed by atoms with van der Waals surface area (Å²) in [5, 5.41) is 11.2. The lowest BCUT2D eigenvalue weighted by Gasteiger charge is -2.26. The lowest BCUT2D eigenvalue weighted by atomic mass is 9.93. The van der Waals surface area contributed by atoms with Crippen LogP contribution in [0.1, 0.15) is 22.7 Å². The van der Waals surface area contributed by atoms with E-state index >= 15 is 0 Å². The third-order valence-corrected chi connectivity index (χ3v) is 6.33. The number of nitrogens with zero attached hydrogens (tertiary/aromatic N) is 1. The van der Waals surface area contributed by atoms with E-state index in [0.29, 0.717) is 33.9 Å². The van der Waals surface area contributed by atoms with Crippen LogP contribution >= 0.6 is 11.6 Å². The second-order valence-corrected chi connectivity index (χ2v) is 8.47. The number of aryl methyl sites for hydroxylation is 1. The normalized spacial score (nSPS) is 16.8. The minimum Gasteiger partial charge on any atom is -0.507 e. The summed E-state index contributed by atoms with van der Waals surface area (Å²) in [5.41, 5.74) is 1.50. The molecular weight excluding hydrogens is 489 g/mol. The Morgan fingerprint density at radius 3 is 2.28 bits per heavy atom. The molecule has 1 saturated heterocycles. The molecule has 1 N–H and O–H groups in total. The van der Waals surface area contributed by atoms with Crippen LogP contribution in [0.3, 0.4) is 0 Å². The number of hydrogen-bond acceptors (Lipinski definition) is 6. The maximum Gasteiger partial charge on any atom is 0.300 e. The number of benzene rings is 3. The molecule has 1 heterocycles. The Labute approximate surface area is 212 Å². The van der Waals surface area contributed by atoms with Gasteiger partial charge in [-0.1, -0.05) is 17.7 Å². The van der Waals surface area contributed by atoms with Crippen molar-refractivity contribution in [3.8, 4) is 17.2 Å². The van der Waals surface area contributed by atoms with Gasteiger partial charge in [-0.25, -0.2) is 4.39 Å². The van der Waals surface area contributed by atoms with Crippen molar-refractivity contribution in [2.75, 3.05) is 26.2 Å². The topological polar surface area (TPSA) is 85.3 Å². The number of hydrogen-bond donors (Lipinski definition) is 1. The second kappa shape index (κ2) is 9.91. The van der Waals surface area contributed by atoms with Crippen molar-refractivity contribution < 1.29 is 33.3 Å². The highest BCUT2D eigenvalue weighted by molar-refractivity contribution is 6.51. The zero-order valence-electron chi connectivity index (χ0n) is 20.0. The van der Waals surface area contributed by atoms with Crippen molar-refractivity contribution in [3.63, 3.8) is 0 Å². The molecule has 1 aliphatic heterocycles. The molecule has 3 aromatic carbocycles. The molecule has 4 rings (SSSR count). The molecule has 0 spiro atoms. The van der Waals surface area contributed by atoms with E-state index in [2.05, 4.69) is 0 Å². The van der Waals surface area contributed by atoms with Crippen molar-refractivity contribution in [2.24, 2.45) is 0 Å². The largest absolute Gasteiger partial charge is 0.507 e. The Kier molecular flexibility index (Phi) is 6.90. The molecule has 9 heteroatoms. The number of aliphatic hydroxyl groups excluding tert-OH is 1. The van der Waals surface area contributed by atoms with Gasteiger partial charge in [-0.2, -0.15) is 0 Å². The molecule has 1 fully saturated rings. The van der Waals surface area contributed by atoms with Crippen LogP contribution in [-0.4, -0.2) is 38.1 Å². The highest BCUT2D eigenvalue weighted by Crippen LogP contribution is 2.45. The Bertz CT molecular complexity index is 1400. The maximum absolute atomic E-state index is 13.9. The van der Waals surface area contributed by atoms with Gasteiger partial charge in [0.2, 0.25) is 0 Å². The average Bonchev–Trinajstić information content (AvgIpc) is 3.14. The van der Waals surface area contributed by atoms with Gasteiger partial charge in [0.15, 0.2) is 11.5 Å². The first-order valence-corrected chi connectivity index (χ1v) is 11.2. The molecule has 1 unspecified atom stereocenters. The number of rotatable bonds is 6. The first-order valence-electron chi connectivity index (χ1n) is 10.8. The van der Waals surface area contributed by atoms with E-state index in [1.807, 2.05) is 0 Å². The smallest absolute Gasteiger partial charge is 0.300 e. The van der Waals surface area contributed by atoms with Crippen LogP contribution in [0, 0.1) is 12.7 Å². The zero-order valence-corrected chi connectivity index (χ0v) is 20.7. The number of ketones is 1. The SMILES string of the molecule is COc1ccc(/C(O)=C2\C(=O)C(=O)N(c3ccc(F)c(Cl)c3)C2c2ccc(OC)c(OC)c2)c(C)c1. The fourth-order valence-corrected chi connectivity index (χ4v) is 4.42. The Balaban J connectivity index is 1.99. The van der Waals surface area contributed by atoms with Crippen LogP contribution in [0.25, 0.3) is 5.76 Å². The summed E-state index contributed by atoms with van der Waals surface area (Å²) >= 11 is 5.99. The van der Waals surface area contributed by atoms with Gasteiger partial charge < -0.3 is 19.3 Å². The molecule has 1 amide bonds. The minimum absolute atomic E-state index is 0.138. The number of halogens is 2. The van der Waals surface area contributed by atoms with E-state index in [1.54, 1.807) is 43.3 Å². The number of amides is 1. The van der Waals surface area contributed by atoms with Crippen LogP contribution in [0.15, 0.2) is 60.2 Å². The highest BCUT2D eigenvalue weighted by atomic mass is 35.5. The molecule has 0 bridgehead atoms. The van der Waals surface area contributed by atoms with E-state index in [9.17, 15) is 19.1 Å². The number of carbonyl (C=O) groups is 2. The van der Waals surface area contributed by atoms with Crippen molar-refractivity contribution in [3.05, 3.63) is 87.7 Å². The van der Waals surface area contributed by atoms with Crippen molar-refractivity contribution in [1.82, 2.24) is 0 Å². The van der Waals surface area contributed by atoms with Crippen LogP contribution < -0.4 is 19.1 Å². The quantitative estimate of drug-likeness (QED) is 0.269. The fourth-order valence-electron chi connectivity index (χ4n) is 4.25. The second-order valence-electron chi connectivity index (χ2n) is 8.06. The molecule has 0 aromatic heterocycles. The standard InChI is InChI=1S/C27H23ClFNO6/c1-14-11-17(34-2)7-8-18(14)25(31)23-24(15-5-10-21(35-3)22(12-15)36-4)30(27(33)26(23)32)16-6-9-20(29)19(28)13-16/h5-13,24,31H,1-4H3/b25-23+. The summed E-state index contributed by atoms with van der Waals surface area (Å²) in [6, 6.07) is 12.5. The molecule has 36 heavy (non-hydrogen) atoms. The third-order valence-electron chi connectivity index (χ3n) is 6.04. The third kappa shape index (κ3) is 4.24. The minimum atomic E-state index is -1.06. The van der Waals surface area contributed by atoms with Gasteiger partial charge in [0.25, 0.3) is 11.7 Å². The first kappa shape index (κ1) is 25.1. The van der Waals surface area contributed by atoms with Gasteiger partial charge in [0, 0.05) is 11.3 Å². The van der Waals surface area contributed by atoms with Gasteiger partial charge in [-0.05, 0) is 66.6 Å². The fraction of sp³-hybridized carbons (Fsp3) is 0.185. The number of aliphatic hydroxyl groups is 1. The Hall–Kier alpha value is -4.04. The summed E-state index contributed by atoms with van der Waals surface area (Å²) < 4.78 is 29.9. The van der Waals surface area contributed by atoms with Gasteiger partial charge in [0.05, 0.1) is 38.0 Å². The molecule has 1 aliphatic rings. The van der Waals surface area contributed by atoms with Crippen LogP contribution in [0.4, 0.5) is 10.1 Å².